The molecule has 27 heavy (non-hydrogen) atoms. The highest BCUT2D eigenvalue weighted by molar-refractivity contribution is 6.02. The molecule has 4 rings (SSSR count). The Labute approximate surface area is 159 Å². The van der Waals surface area contributed by atoms with E-state index < -0.39 is 0 Å². The summed E-state index contributed by atoms with van der Waals surface area (Å²) in [6.07, 6.45) is 13.0. The van der Waals surface area contributed by atoms with Crippen LogP contribution in [0.25, 0.3) is 5.52 Å². The van der Waals surface area contributed by atoms with E-state index in [4.69, 9.17) is 0 Å². The Kier molecular flexibility index (Phi) is 5.41. The molecule has 0 saturated heterocycles. The highest BCUT2D eigenvalue weighted by Gasteiger charge is 2.25. The molecule has 2 fully saturated rings. The van der Waals surface area contributed by atoms with Crippen LogP contribution in [0.15, 0.2) is 24.4 Å². The van der Waals surface area contributed by atoms with Crippen molar-refractivity contribution >= 4 is 17.3 Å². The maximum absolute atomic E-state index is 12.9. The Hall–Kier alpha value is -2.37. The lowest BCUT2D eigenvalue weighted by molar-refractivity contribution is 0.0926. The fourth-order valence-corrected chi connectivity index (χ4v) is 4.36. The average Bonchev–Trinajstić information content (AvgIpc) is 3.24. The van der Waals surface area contributed by atoms with Gasteiger partial charge in [-0.25, -0.2) is 4.98 Å². The van der Waals surface area contributed by atoms with Crippen molar-refractivity contribution < 1.29 is 9.59 Å². The standard InChI is InChI=1S/C21H28N4O2/c26-20(22-15-9-3-1-2-4-10-15)18-17-13-7-8-14-25(17)19(24-18)21(27)23-16-11-5-6-12-16/h7-8,13-16H,1-6,9-12H2,(H,22,26)(H,23,27). The van der Waals surface area contributed by atoms with Gasteiger partial charge in [0.1, 0.15) is 0 Å². The van der Waals surface area contributed by atoms with Crippen LogP contribution in [0.1, 0.15) is 85.3 Å². The maximum atomic E-state index is 12.9. The molecule has 0 bridgehead atoms. The molecular formula is C21H28N4O2. The number of amides is 2. The number of rotatable bonds is 4. The molecule has 144 valence electrons. The Morgan fingerprint density at radius 2 is 1.44 bits per heavy atom. The lowest BCUT2D eigenvalue weighted by Crippen LogP contribution is -2.35. The second-order valence-electron chi connectivity index (χ2n) is 7.86. The Morgan fingerprint density at radius 1 is 0.852 bits per heavy atom. The minimum Gasteiger partial charge on any atom is -0.348 e. The number of pyridine rings is 1. The third-order valence-electron chi connectivity index (χ3n) is 5.85. The van der Waals surface area contributed by atoms with Crippen molar-refractivity contribution in [3.05, 3.63) is 35.9 Å². The molecule has 2 heterocycles. The first kappa shape index (κ1) is 18.0. The Bertz CT molecular complexity index is 815. The van der Waals surface area contributed by atoms with Gasteiger partial charge in [-0.1, -0.05) is 44.6 Å². The summed E-state index contributed by atoms with van der Waals surface area (Å²) in [5.41, 5.74) is 1.02. The van der Waals surface area contributed by atoms with E-state index in [2.05, 4.69) is 15.6 Å². The molecular weight excluding hydrogens is 340 g/mol. The first-order chi connectivity index (χ1) is 13.2. The van der Waals surface area contributed by atoms with E-state index in [0.29, 0.717) is 17.0 Å². The second kappa shape index (κ2) is 8.11. The summed E-state index contributed by atoms with van der Waals surface area (Å²) in [7, 11) is 0. The van der Waals surface area contributed by atoms with Gasteiger partial charge in [0.05, 0.1) is 5.52 Å². The summed E-state index contributed by atoms with van der Waals surface area (Å²) in [6, 6.07) is 6.00. The molecule has 6 nitrogen and oxygen atoms in total. The highest BCUT2D eigenvalue weighted by Crippen LogP contribution is 2.20. The Morgan fingerprint density at radius 3 is 2.11 bits per heavy atom. The molecule has 0 atom stereocenters. The lowest BCUT2D eigenvalue weighted by atomic mass is 10.1. The number of carbonyl (C=O) groups excluding carboxylic acids is 2. The van der Waals surface area contributed by atoms with Gasteiger partial charge in [0.25, 0.3) is 11.8 Å². The van der Waals surface area contributed by atoms with Crippen LogP contribution in [0.2, 0.25) is 0 Å². The molecule has 2 saturated carbocycles. The average molecular weight is 368 g/mol. The van der Waals surface area contributed by atoms with Crippen molar-refractivity contribution in [1.29, 1.82) is 0 Å². The molecule has 2 aliphatic rings. The van der Waals surface area contributed by atoms with Gasteiger partial charge < -0.3 is 10.6 Å². The van der Waals surface area contributed by atoms with Gasteiger partial charge >= 0.3 is 0 Å². The molecule has 2 aromatic heterocycles. The number of fused-ring (bicyclic) bond motifs is 1. The number of carbonyl (C=O) groups is 2. The normalized spacial score (nSPS) is 19.1. The fraction of sp³-hybridized carbons (Fsp3) is 0.571. The quantitative estimate of drug-likeness (QED) is 0.812. The zero-order chi connectivity index (χ0) is 18.6. The van der Waals surface area contributed by atoms with Crippen LogP contribution in [-0.2, 0) is 0 Å². The zero-order valence-corrected chi connectivity index (χ0v) is 15.7. The molecule has 0 aliphatic heterocycles. The molecule has 0 radical (unpaired) electrons. The topological polar surface area (TPSA) is 75.5 Å². The second-order valence-corrected chi connectivity index (χ2v) is 7.86. The minimum absolute atomic E-state index is 0.175. The summed E-state index contributed by atoms with van der Waals surface area (Å²) < 4.78 is 1.73. The van der Waals surface area contributed by atoms with Crippen molar-refractivity contribution in [3.63, 3.8) is 0 Å². The fourth-order valence-electron chi connectivity index (χ4n) is 4.36. The van der Waals surface area contributed by atoms with Crippen molar-refractivity contribution in [1.82, 2.24) is 20.0 Å². The van der Waals surface area contributed by atoms with E-state index in [1.165, 1.54) is 12.8 Å². The van der Waals surface area contributed by atoms with Gasteiger partial charge in [-0.2, -0.15) is 0 Å². The zero-order valence-electron chi connectivity index (χ0n) is 15.7. The molecule has 2 N–H and O–H groups in total. The van der Waals surface area contributed by atoms with Crippen LogP contribution in [0, 0.1) is 0 Å². The number of hydrogen-bond donors (Lipinski definition) is 2. The minimum atomic E-state index is -0.198. The number of aromatic nitrogens is 2. The van der Waals surface area contributed by atoms with Crippen LogP contribution >= 0.6 is 0 Å². The van der Waals surface area contributed by atoms with E-state index in [9.17, 15) is 9.59 Å². The molecule has 2 aliphatic carbocycles. The van der Waals surface area contributed by atoms with Gasteiger partial charge in [0, 0.05) is 18.3 Å². The van der Waals surface area contributed by atoms with Crippen LogP contribution in [-0.4, -0.2) is 33.3 Å². The Balaban J connectivity index is 1.57. The van der Waals surface area contributed by atoms with Crippen molar-refractivity contribution in [2.45, 2.75) is 76.3 Å². The summed E-state index contributed by atoms with van der Waals surface area (Å²) in [4.78, 5) is 30.1. The maximum Gasteiger partial charge on any atom is 0.287 e. The van der Waals surface area contributed by atoms with E-state index in [1.54, 1.807) is 10.6 Å². The third-order valence-corrected chi connectivity index (χ3v) is 5.85. The van der Waals surface area contributed by atoms with Crippen LogP contribution in [0.3, 0.4) is 0 Å². The largest absolute Gasteiger partial charge is 0.348 e. The summed E-state index contributed by atoms with van der Waals surface area (Å²) in [5, 5.41) is 6.22. The van der Waals surface area contributed by atoms with Crippen LogP contribution in [0.4, 0.5) is 0 Å². The smallest absolute Gasteiger partial charge is 0.287 e. The van der Waals surface area contributed by atoms with Gasteiger partial charge in [0.15, 0.2) is 5.69 Å². The van der Waals surface area contributed by atoms with Crippen molar-refractivity contribution in [2.24, 2.45) is 0 Å². The van der Waals surface area contributed by atoms with Gasteiger partial charge in [-0.05, 0) is 37.8 Å². The predicted octanol–water partition coefficient (Wildman–Crippen LogP) is 3.46. The third kappa shape index (κ3) is 3.99. The number of imidazole rings is 1. The molecule has 6 heteroatoms. The van der Waals surface area contributed by atoms with E-state index in [0.717, 1.165) is 51.4 Å². The van der Waals surface area contributed by atoms with Crippen LogP contribution < -0.4 is 10.6 Å². The summed E-state index contributed by atoms with van der Waals surface area (Å²) in [6.45, 7) is 0. The van der Waals surface area contributed by atoms with E-state index in [-0.39, 0.29) is 23.9 Å². The number of hydrogen-bond acceptors (Lipinski definition) is 3. The van der Waals surface area contributed by atoms with Crippen LogP contribution in [0.5, 0.6) is 0 Å². The predicted molar refractivity (Wildman–Crippen MR) is 104 cm³/mol. The van der Waals surface area contributed by atoms with Gasteiger partial charge in [-0.3, -0.25) is 14.0 Å². The summed E-state index contributed by atoms with van der Waals surface area (Å²) in [5.74, 6) is -0.0781. The molecule has 0 spiro atoms. The number of nitrogens with one attached hydrogen (secondary N) is 2. The SMILES string of the molecule is O=C(NC1CCCCCC1)c1nc(C(=O)NC2CCCC2)n2ccccc12. The molecule has 0 aromatic carbocycles. The summed E-state index contributed by atoms with van der Waals surface area (Å²) >= 11 is 0. The molecule has 2 amide bonds. The van der Waals surface area contributed by atoms with Gasteiger partial charge in [0.2, 0.25) is 5.82 Å². The van der Waals surface area contributed by atoms with E-state index in [1.807, 2.05) is 18.2 Å². The molecule has 0 unspecified atom stereocenters. The van der Waals surface area contributed by atoms with Crippen molar-refractivity contribution in [3.8, 4) is 0 Å². The van der Waals surface area contributed by atoms with Crippen molar-refractivity contribution in [2.75, 3.05) is 0 Å². The highest BCUT2D eigenvalue weighted by atomic mass is 16.2. The number of nitrogens with zero attached hydrogens (tertiary/aromatic N) is 2. The van der Waals surface area contributed by atoms with E-state index >= 15 is 0 Å². The first-order valence-electron chi connectivity index (χ1n) is 10.3. The first-order valence-corrected chi connectivity index (χ1v) is 10.3. The van der Waals surface area contributed by atoms with Gasteiger partial charge in [-0.15, -0.1) is 0 Å². The molecule has 2 aromatic rings. The monoisotopic (exact) mass is 368 g/mol. The lowest BCUT2D eigenvalue weighted by Gasteiger charge is -2.15.